The van der Waals surface area contributed by atoms with Crippen molar-refractivity contribution < 1.29 is 4.42 Å². The van der Waals surface area contributed by atoms with Crippen molar-refractivity contribution in [2.75, 3.05) is 26.7 Å². The summed E-state index contributed by atoms with van der Waals surface area (Å²) < 4.78 is 5.58. The normalized spacial score (nSPS) is 16.6. The van der Waals surface area contributed by atoms with Crippen molar-refractivity contribution in [3.8, 4) is 0 Å². The first kappa shape index (κ1) is 18.8. The Hall–Kier alpha value is -1.56. The third-order valence-corrected chi connectivity index (χ3v) is 4.74. The first-order valence-electron chi connectivity index (χ1n) is 9.25. The molecule has 136 valence electrons. The van der Waals surface area contributed by atoms with Gasteiger partial charge in [-0.3, -0.25) is 0 Å². The number of hydrogen-bond acceptors (Lipinski definition) is 4. The number of nitrogens with one attached hydrogen (secondary N) is 2. The van der Waals surface area contributed by atoms with Crippen LogP contribution in [0, 0.1) is 13.8 Å². The molecule has 6 nitrogen and oxygen atoms in total. The van der Waals surface area contributed by atoms with Crippen molar-refractivity contribution in [1.82, 2.24) is 20.5 Å². The van der Waals surface area contributed by atoms with E-state index in [0.717, 1.165) is 43.1 Å². The summed E-state index contributed by atoms with van der Waals surface area (Å²) in [6.07, 6.45) is 6.84. The minimum atomic E-state index is 0.461. The number of hydrogen-bond donors (Lipinski definition) is 2. The lowest BCUT2D eigenvalue weighted by molar-refractivity contribution is 0.194. The smallest absolute Gasteiger partial charge is 0.216 e. The molecule has 1 fully saturated rings. The molecule has 0 atom stereocenters. The minimum Gasteiger partial charge on any atom is -0.444 e. The quantitative estimate of drug-likeness (QED) is 0.592. The predicted molar refractivity (Wildman–Crippen MR) is 98.3 cm³/mol. The summed E-state index contributed by atoms with van der Waals surface area (Å²) >= 11 is 0. The number of aliphatic imine (C=N–C) groups is 1. The van der Waals surface area contributed by atoms with E-state index in [-0.39, 0.29) is 0 Å². The van der Waals surface area contributed by atoms with Crippen LogP contribution in [0.4, 0.5) is 0 Å². The van der Waals surface area contributed by atoms with E-state index in [1.54, 1.807) is 0 Å². The summed E-state index contributed by atoms with van der Waals surface area (Å²) in [7, 11) is 2.24. The zero-order valence-electron chi connectivity index (χ0n) is 15.7. The molecule has 2 N–H and O–H groups in total. The van der Waals surface area contributed by atoms with Gasteiger partial charge in [-0.2, -0.15) is 0 Å². The second kappa shape index (κ2) is 9.67. The molecule has 6 heteroatoms. The number of aryl methyl sites for hydroxylation is 2. The molecule has 1 aliphatic carbocycles. The first-order chi connectivity index (χ1) is 11.6. The monoisotopic (exact) mass is 335 g/mol. The van der Waals surface area contributed by atoms with Crippen molar-refractivity contribution >= 4 is 5.96 Å². The van der Waals surface area contributed by atoms with E-state index in [9.17, 15) is 0 Å². The Kier molecular flexibility index (Phi) is 7.56. The van der Waals surface area contributed by atoms with Crippen LogP contribution in [0.2, 0.25) is 0 Å². The predicted octanol–water partition coefficient (Wildman–Crippen LogP) is 2.61. The Morgan fingerprint density at radius 3 is 2.62 bits per heavy atom. The summed E-state index contributed by atoms with van der Waals surface area (Å²) in [4.78, 5) is 11.4. The second-order valence-electron chi connectivity index (χ2n) is 6.64. The molecule has 0 saturated heterocycles. The number of oxazole rings is 1. The molecule has 24 heavy (non-hydrogen) atoms. The van der Waals surface area contributed by atoms with Gasteiger partial charge in [0.25, 0.3) is 0 Å². The molecule has 1 saturated carbocycles. The molecule has 1 aromatic rings. The van der Waals surface area contributed by atoms with Gasteiger partial charge in [0.2, 0.25) is 5.89 Å². The molecule has 2 rings (SSSR count). The van der Waals surface area contributed by atoms with Gasteiger partial charge >= 0.3 is 0 Å². The van der Waals surface area contributed by atoms with E-state index in [2.05, 4.69) is 39.5 Å². The third kappa shape index (κ3) is 5.82. The lowest BCUT2D eigenvalue weighted by atomic mass is 9.94. The van der Waals surface area contributed by atoms with E-state index in [4.69, 9.17) is 4.42 Å². The summed E-state index contributed by atoms with van der Waals surface area (Å²) in [5, 5.41) is 6.69. The van der Waals surface area contributed by atoms with Crippen molar-refractivity contribution in [1.29, 1.82) is 0 Å². The standard InChI is InChI=1S/C18H33N5O/c1-5-19-18(21-13-17-22-14(2)15(3)24-17)20-11-12-23(4)16-9-7-6-8-10-16/h16H,5-13H2,1-4H3,(H2,19,20,21). The summed E-state index contributed by atoms with van der Waals surface area (Å²) in [6.45, 7) is 9.19. The van der Waals surface area contributed by atoms with Gasteiger partial charge in [-0.15, -0.1) is 0 Å². The third-order valence-electron chi connectivity index (χ3n) is 4.74. The van der Waals surface area contributed by atoms with Gasteiger partial charge in [-0.1, -0.05) is 19.3 Å². The highest BCUT2D eigenvalue weighted by atomic mass is 16.4. The molecule has 0 aromatic carbocycles. The van der Waals surface area contributed by atoms with Crippen LogP contribution in [-0.4, -0.2) is 48.6 Å². The van der Waals surface area contributed by atoms with Crippen LogP contribution in [0.25, 0.3) is 0 Å². The molecule has 0 bridgehead atoms. The Morgan fingerprint density at radius 1 is 1.25 bits per heavy atom. The van der Waals surface area contributed by atoms with E-state index < -0.39 is 0 Å². The minimum absolute atomic E-state index is 0.461. The Morgan fingerprint density at radius 2 is 2.00 bits per heavy atom. The molecule has 1 aromatic heterocycles. The first-order valence-corrected chi connectivity index (χ1v) is 9.25. The molecule has 0 amide bonds. The van der Waals surface area contributed by atoms with Gasteiger partial charge in [0.15, 0.2) is 5.96 Å². The Bertz CT molecular complexity index is 500. The number of likely N-dealkylation sites (N-methyl/N-ethyl adjacent to an activating group) is 1. The highest BCUT2D eigenvalue weighted by Crippen LogP contribution is 2.21. The van der Waals surface area contributed by atoms with Gasteiger partial charge in [-0.05, 0) is 40.7 Å². The number of guanidine groups is 1. The largest absolute Gasteiger partial charge is 0.444 e. The molecule has 0 aliphatic heterocycles. The molecule has 0 spiro atoms. The maximum Gasteiger partial charge on any atom is 0.216 e. The number of rotatable bonds is 7. The van der Waals surface area contributed by atoms with E-state index in [0.29, 0.717) is 12.4 Å². The summed E-state index contributed by atoms with van der Waals surface area (Å²) in [5.74, 6) is 2.36. The molecular formula is C18H33N5O. The molecular weight excluding hydrogens is 302 g/mol. The number of nitrogens with zero attached hydrogens (tertiary/aromatic N) is 3. The topological polar surface area (TPSA) is 65.7 Å². The van der Waals surface area contributed by atoms with Crippen molar-refractivity contribution in [3.05, 3.63) is 17.3 Å². The van der Waals surface area contributed by atoms with Crippen LogP contribution in [0.5, 0.6) is 0 Å². The van der Waals surface area contributed by atoms with Crippen LogP contribution in [-0.2, 0) is 6.54 Å². The summed E-state index contributed by atoms with van der Waals surface area (Å²) in [5.41, 5.74) is 0.937. The lowest BCUT2D eigenvalue weighted by Gasteiger charge is -2.31. The maximum atomic E-state index is 5.58. The van der Waals surface area contributed by atoms with Gasteiger partial charge in [0.1, 0.15) is 12.3 Å². The van der Waals surface area contributed by atoms with Gasteiger partial charge in [-0.25, -0.2) is 9.98 Å². The highest BCUT2D eigenvalue weighted by Gasteiger charge is 2.17. The lowest BCUT2D eigenvalue weighted by Crippen LogP contribution is -2.43. The molecule has 0 unspecified atom stereocenters. The molecule has 1 heterocycles. The van der Waals surface area contributed by atoms with E-state index in [1.165, 1.54) is 32.1 Å². The maximum absolute atomic E-state index is 5.58. The average molecular weight is 335 g/mol. The molecule has 1 aliphatic rings. The zero-order valence-corrected chi connectivity index (χ0v) is 15.7. The van der Waals surface area contributed by atoms with Crippen molar-refractivity contribution in [2.24, 2.45) is 4.99 Å². The van der Waals surface area contributed by atoms with E-state index >= 15 is 0 Å². The van der Waals surface area contributed by atoms with E-state index in [1.807, 2.05) is 13.8 Å². The highest BCUT2D eigenvalue weighted by molar-refractivity contribution is 5.79. The Labute approximate surface area is 146 Å². The van der Waals surface area contributed by atoms with Crippen molar-refractivity contribution in [3.63, 3.8) is 0 Å². The summed E-state index contributed by atoms with van der Waals surface area (Å²) in [6, 6.07) is 0.748. The van der Waals surface area contributed by atoms with Crippen LogP contribution in [0.15, 0.2) is 9.41 Å². The van der Waals surface area contributed by atoms with Crippen molar-refractivity contribution in [2.45, 2.75) is 65.5 Å². The fraction of sp³-hybridized carbons (Fsp3) is 0.778. The Balaban J connectivity index is 1.78. The zero-order chi connectivity index (χ0) is 17.4. The fourth-order valence-corrected chi connectivity index (χ4v) is 3.15. The average Bonchev–Trinajstić information content (AvgIpc) is 2.91. The second-order valence-corrected chi connectivity index (χ2v) is 6.64. The fourth-order valence-electron chi connectivity index (χ4n) is 3.15. The SMILES string of the molecule is CCNC(=NCc1nc(C)c(C)o1)NCCN(C)C1CCCCC1. The van der Waals surface area contributed by atoms with Gasteiger partial charge in [0.05, 0.1) is 5.69 Å². The van der Waals surface area contributed by atoms with Crippen LogP contribution < -0.4 is 10.6 Å². The van der Waals surface area contributed by atoms with Gasteiger partial charge in [0, 0.05) is 25.7 Å². The van der Waals surface area contributed by atoms with Gasteiger partial charge < -0.3 is 20.0 Å². The van der Waals surface area contributed by atoms with Crippen LogP contribution in [0.1, 0.15) is 56.4 Å². The number of aromatic nitrogens is 1. The molecule has 0 radical (unpaired) electrons. The van der Waals surface area contributed by atoms with Crippen LogP contribution >= 0.6 is 0 Å². The van der Waals surface area contributed by atoms with Crippen LogP contribution in [0.3, 0.4) is 0 Å².